The minimum atomic E-state index is 0.142. The maximum absolute atomic E-state index is 5.88. The molecule has 1 aliphatic heterocycles. The molecular formula is C12H16ClNO2. The second-order valence-corrected chi connectivity index (χ2v) is 4.35. The molecule has 88 valence electrons. The van der Waals surface area contributed by atoms with E-state index in [1.165, 1.54) is 0 Å². The zero-order valence-corrected chi connectivity index (χ0v) is 10.1. The van der Waals surface area contributed by atoms with Crippen LogP contribution in [-0.4, -0.2) is 32.4 Å². The number of hydrogen-bond acceptors (Lipinski definition) is 3. The van der Waals surface area contributed by atoms with Gasteiger partial charge in [-0.25, -0.2) is 0 Å². The van der Waals surface area contributed by atoms with Gasteiger partial charge in [0.05, 0.1) is 6.61 Å². The predicted molar refractivity (Wildman–Crippen MR) is 64.3 cm³/mol. The summed E-state index contributed by atoms with van der Waals surface area (Å²) >= 11 is 5.88. The second-order valence-electron chi connectivity index (χ2n) is 3.92. The Morgan fingerprint density at radius 1 is 1.56 bits per heavy atom. The van der Waals surface area contributed by atoms with Crippen LogP contribution in [0.1, 0.15) is 5.56 Å². The summed E-state index contributed by atoms with van der Waals surface area (Å²) < 4.78 is 11.3. The Bertz CT molecular complexity index is 351. The van der Waals surface area contributed by atoms with Crippen molar-refractivity contribution in [3.05, 3.63) is 28.8 Å². The van der Waals surface area contributed by atoms with E-state index in [0.717, 1.165) is 36.0 Å². The third-order valence-electron chi connectivity index (χ3n) is 2.57. The Morgan fingerprint density at radius 3 is 3.12 bits per heavy atom. The van der Waals surface area contributed by atoms with E-state index in [4.69, 9.17) is 21.1 Å². The van der Waals surface area contributed by atoms with Crippen molar-refractivity contribution in [1.82, 2.24) is 5.32 Å². The lowest BCUT2D eigenvalue weighted by Crippen LogP contribution is -2.41. The fourth-order valence-corrected chi connectivity index (χ4v) is 1.91. The van der Waals surface area contributed by atoms with Crippen LogP contribution in [0.5, 0.6) is 5.75 Å². The molecular weight excluding hydrogens is 226 g/mol. The van der Waals surface area contributed by atoms with E-state index in [1.54, 1.807) is 0 Å². The van der Waals surface area contributed by atoms with Crippen LogP contribution < -0.4 is 10.1 Å². The summed E-state index contributed by atoms with van der Waals surface area (Å²) in [5.41, 5.74) is 1.05. The van der Waals surface area contributed by atoms with Crippen LogP contribution in [0.25, 0.3) is 0 Å². The van der Waals surface area contributed by atoms with Crippen LogP contribution in [0.15, 0.2) is 18.2 Å². The van der Waals surface area contributed by atoms with E-state index in [1.807, 2.05) is 25.1 Å². The van der Waals surface area contributed by atoms with Gasteiger partial charge in [0.25, 0.3) is 0 Å². The minimum Gasteiger partial charge on any atom is -0.491 e. The molecule has 1 saturated heterocycles. The first-order chi connectivity index (χ1) is 7.75. The number of morpholine rings is 1. The van der Waals surface area contributed by atoms with Gasteiger partial charge in [0.1, 0.15) is 18.5 Å². The van der Waals surface area contributed by atoms with Crippen molar-refractivity contribution in [3.8, 4) is 5.75 Å². The third kappa shape index (κ3) is 3.11. The first-order valence-corrected chi connectivity index (χ1v) is 5.85. The number of ether oxygens (including phenoxy) is 2. The van der Waals surface area contributed by atoms with Gasteiger partial charge in [-0.2, -0.15) is 0 Å². The molecule has 0 saturated carbocycles. The van der Waals surface area contributed by atoms with Gasteiger partial charge in [0.2, 0.25) is 0 Å². The van der Waals surface area contributed by atoms with Gasteiger partial charge in [-0.3, -0.25) is 0 Å². The highest BCUT2D eigenvalue weighted by Crippen LogP contribution is 2.22. The predicted octanol–water partition coefficient (Wildman–Crippen LogP) is 2.02. The van der Waals surface area contributed by atoms with Crippen molar-refractivity contribution in [2.45, 2.75) is 13.0 Å². The molecule has 3 nitrogen and oxygen atoms in total. The van der Waals surface area contributed by atoms with Crippen molar-refractivity contribution >= 4 is 11.6 Å². The Morgan fingerprint density at radius 2 is 2.44 bits per heavy atom. The van der Waals surface area contributed by atoms with Crippen LogP contribution in [-0.2, 0) is 4.74 Å². The van der Waals surface area contributed by atoms with Gasteiger partial charge in [0, 0.05) is 18.1 Å². The number of halogens is 1. The SMILES string of the molecule is Cc1cc(Cl)ccc1OCC1CNCCO1. The highest BCUT2D eigenvalue weighted by molar-refractivity contribution is 6.30. The molecule has 16 heavy (non-hydrogen) atoms. The first kappa shape index (κ1) is 11.7. The van der Waals surface area contributed by atoms with Crippen LogP contribution in [0, 0.1) is 6.92 Å². The summed E-state index contributed by atoms with van der Waals surface area (Å²) in [5, 5.41) is 4.01. The number of aryl methyl sites for hydroxylation is 1. The van der Waals surface area contributed by atoms with Crippen LogP contribution >= 0.6 is 11.6 Å². The molecule has 1 aromatic rings. The lowest BCUT2D eigenvalue weighted by atomic mass is 10.2. The molecule has 0 aliphatic carbocycles. The number of rotatable bonds is 3. The van der Waals surface area contributed by atoms with Gasteiger partial charge in [-0.05, 0) is 30.7 Å². The quantitative estimate of drug-likeness (QED) is 0.878. The molecule has 1 unspecified atom stereocenters. The van der Waals surface area contributed by atoms with E-state index in [9.17, 15) is 0 Å². The van der Waals surface area contributed by atoms with E-state index < -0.39 is 0 Å². The molecule has 2 rings (SSSR count). The molecule has 1 aliphatic rings. The lowest BCUT2D eigenvalue weighted by Gasteiger charge is -2.24. The molecule has 1 fully saturated rings. The van der Waals surface area contributed by atoms with E-state index in [0.29, 0.717) is 6.61 Å². The Hall–Kier alpha value is -0.770. The first-order valence-electron chi connectivity index (χ1n) is 5.47. The van der Waals surface area contributed by atoms with E-state index in [-0.39, 0.29) is 6.10 Å². The second kappa shape index (κ2) is 5.53. The Balaban J connectivity index is 1.88. The van der Waals surface area contributed by atoms with Gasteiger partial charge < -0.3 is 14.8 Å². The Labute approximate surface area is 101 Å². The average molecular weight is 242 g/mol. The van der Waals surface area contributed by atoms with Gasteiger partial charge in [-0.1, -0.05) is 11.6 Å². The van der Waals surface area contributed by atoms with Crippen LogP contribution in [0.3, 0.4) is 0 Å². The van der Waals surface area contributed by atoms with Crippen molar-refractivity contribution < 1.29 is 9.47 Å². The number of hydrogen-bond donors (Lipinski definition) is 1. The molecule has 0 radical (unpaired) electrons. The molecule has 1 N–H and O–H groups in total. The molecule has 4 heteroatoms. The van der Waals surface area contributed by atoms with E-state index >= 15 is 0 Å². The highest BCUT2D eigenvalue weighted by atomic mass is 35.5. The van der Waals surface area contributed by atoms with Crippen LogP contribution in [0.4, 0.5) is 0 Å². The van der Waals surface area contributed by atoms with Gasteiger partial charge >= 0.3 is 0 Å². The summed E-state index contributed by atoms with van der Waals surface area (Å²) in [4.78, 5) is 0. The molecule has 1 heterocycles. The highest BCUT2D eigenvalue weighted by Gasteiger charge is 2.14. The van der Waals surface area contributed by atoms with Crippen molar-refractivity contribution in [2.24, 2.45) is 0 Å². The fourth-order valence-electron chi connectivity index (χ4n) is 1.68. The zero-order valence-electron chi connectivity index (χ0n) is 9.33. The lowest BCUT2D eigenvalue weighted by molar-refractivity contribution is 0.0000682. The topological polar surface area (TPSA) is 30.5 Å². The average Bonchev–Trinajstić information content (AvgIpc) is 2.29. The van der Waals surface area contributed by atoms with Gasteiger partial charge in [0.15, 0.2) is 0 Å². The van der Waals surface area contributed by atoms with E-state index in [2.05, 4.69) is 5.32 Å². The monoisotopic (exact) mass is 241 g/mol. The van der Waals surface area contributed by atoms with Crippen molar-refractivity contribution in [2.75, 3.05) is 26.3 Å². The largest absolute Gasteiger partial charge is 0.491 e. The molecule has 0 amide bonds. The van der Waals surface area contributed by atoms with Crippen molar-refractivity contribution in [3.63, 3.8) is 0 Å². The third-order valence-corrected chi connectivity index (χ3v) is 2.80. The standard InChI is InChI=1S/C12H16ClNO2/c1-9-6-10(13)2-3-12(9)16-8-11-7-14-4-5-15-11/h2-3,6,11,14H,4-5,7-8H2,1H3. The summed E-state index contributed by atoms with van der Waals surface area (Å²) in [5.74, 6) is 0.874. The maximum Gasteiger partial charge on any atom is 0.122 e. The summed E-state index contributed by atoms with van der Waals surface area (Å²) in [6.45, 7) is 5.10. The summed E-state index contributed by atoms with van der Waals surface area (Å²) in [6.07, 6.45) is 0.142. The Kier molecular flexibility index (Phi) is 4.04. The number of nitrogens with one attached hydrogen (secondary N) is 1. The molecule has 0 spiro atoms. The number of benzene rings is 1. The minimum absolute atomic E-state index is 0.142. The summed E-state index contributed by atoms with van der Waals surface area (Å²) in [7, 11) is 0. The summed E-state index contributed by atoms with van der Waals surface area (Å²) in [6, 6.07) is 5.63. The maximum atomic E-state index is 5.88. The van der Waals surface area contributed by atoms with Crippen molar-refractivity contribution in [1.29, 1.82) is 0 Å². The zero-order chi connectivity index (χ0) is 11.4. The molecule has 1 atom stereocenters. The fraction of sp³-hybridized carbons (Fsp3) is 0.500. The molecule has 1 aromatic carbocycles. The van der Waals surface area contributed by atoms with Crippen LogP contribution in [0.2, 0.25) is 5.02 Å². The smallest absolute Gasteiger partial charge is 0.122 e. The van der Waals surface area contributed by atoms with Gasteiger partial charge in [-0.15, -0.1) is 0 Å². The molecule has 0 bridgehead atoms. The molecule has 0 aromatic heterocycles. The normalized spacial score (nSPS) is 20.8.